The third-order valence-corrected chi connectivity index (χ3v) is 2.89. The number of amides is 1. The maximum atomic E-state index is 12.4. The first kappa shape index (κ1) is 20.9. The van der Waals surface area contributed by atoms with Crippen LogP contribution in [0.3, 0.4) is 0 Å². The highest BCUT2D eigenvalue weighted by Gasteiger charge is 2.31. The summed E-state index contributed by atoms with van der Waals surface area (Å²) in [5.74, 6) is -0.00231. The fourth-order valence-electron chi connectivity index (χ4n) is 1.90. The van der Waals surface area contributed by atoms with Gasteiger partial charge in [-0.3, -0.25) is 4.79 Å². The van der Waals surface area contributed by atoms with Gasteiger partial charge in [0.1, 0.15) is 0 Å². The standard InChI is InChI=1S/C13H28N2O3.ClH/c1-5-7-13(2,14)12(16)15(9-11-18-4)8-6-10-17-3;/h5-11,14H2,1-4H3;1H. The minimum Gasteiger partial charge on any atom is -0.385 e. The largest absolute Gasteiger partial charge is 0.385 e. The Morgan fingerprint density at radius 1 is 1.21 bits per heavy atom. The average Bonchev–Trinajstić information content (AvgIpc) is 2.32. The van der Waals surface area contributed by atoms with Gasteiger partial charge in [0.2, 0.25) is 5.91 Å². The highest BCUT2D eigenvalue weighted by atomic mass is 35.5. The van der Waals surface area contributed by atoms with Crippen LogP contribution in [0, 0.1) is 0 Å². The van der Waals surface area contributed by atoms with E-state index in [1.54, 1.807) is 26.0 Å². The van der Waals surface area contributed by atoms with Crippen LogP contribution in [-0.4, -0.2) is 56.9 Å². The van der Waals surface area contributed by atoms with E-state index < -0.39 is 5.54 Å². The third kappa shape index (κ3) is 8.42. The molecular formula is C13H29ClN2O3. The zero-order valence-corrected chi connectivity index (χ0v) is 13.4. The molecule has 0 aromatic heterocycles. The average molecular weight is 297 g/mol. The lowest BCUT2D eigenvalue weighted by Crippen LogP contribution is -2.54. The normalized spacial score (nSPS) is 13.5. The Morgan fingerprint density at radius 2 is 1.79 bits per heavy atom. The molecule has 0 saturated heterocycles. The zero-order chi connectivity index (χ0) is 14.0. The Morgan fingerprint density at radius 3 is 2.26 bits per heavy atom. The summed E-state index contributed by atoms with van der Waals surface area (Å²) < 4.78 is 10.0. The summed E-state index contributed by atoms with van der Waals surface area (Å²) in [5, 5.41) is 0. The number of rotatable bonds is 10. The molecule has 0 radical (unpaired) electrons. The second-order valence-corrected chi connectivity index (χ2v) is 4.80. The lowest BCUT2D eigenvalue weighted by Gasteiger charge is -2.31. The summed E-state index contributed by atoms with van der Waals surface area (Å²) in [6.07, 6.45) is 2.41. The van der Waals surface area contributed by atoms with Crippen LogP contribution in [0.4, 0.5) is 0 Å². The predicted octanol–water partition coefficient (Wildman–Crippen LogP) is 1.44. The van der Waals surface area contributed by atoms with Crippen LogP contribution >= 0.6 is 12.4 Å². The maximum Gasteiger partial charge on any atom is 0.242 e. The van der Waals surface area contributed by atoms with E-state index in [0.29, 0.717) is 32.7 Å². The molecule has 0 spiro atoms. The fourth-order valence-corrected chi connectivity index (χ4v) is 1.90. The van der Waals surface area contributed by atoms with Gasteiger partial charge in [-0.15, -0.1) is 12.4 Å². The number of ether oxygens (including phenoxy) is 2. The van der Waals surface area contributed by atoms with Crippen molar-refractivity contribution < 1.29 is 14.3 Å². The van der Waals surface area contributed by atoms with Crippen LogP contribution in [-0.2, 0) is 14.3 Å². The Balaban J connectivity index is 0. The van der Waals surface area contributed by atoms with Gasteiger partial charge in [-0.2, -0.15) is 0 Å². The van der Waals surface area contributed by atoms with Crippen LogP contribution < -0.4 is 5.73 Å². The molecule has 2 N–H and O–H groups in total. The molecule has 0 rings (SSSR count). The minimum atomic E-state index is -0.782. The number of methoxy groups -OCH3 is 2. The van der Waals surface area contributed by atoms with Gasteiger partial charge in [-0.1, -0.05) is 13.3 Å². The van der Waals surface area contributed by atoms with Crippen molar-refractivity contribution in [2.24, 2.45) is 5.73 Å². The van der Waals surface area contributed by atoms with E-state index in [9.17, 15) is 4.79 Å². The summed E-state index contributed by atoms with van der Waals surface area (Å²) >= 11 is 0. The summed E-state index contributed by atoms with van der Waals surface area (Å²) in [7, 11) is 3.29. The maximum absolute atomic E-state index is 12.4. The van der Waals surface area contributed by atoms with Crippen molar-refractivity contribution in [3.63, 3.8) is 0 Å². The Kier molecular flexibility index (Phi) is 12.6. The molecule has 0 saturated carbocycles. The topological polar surface area (TPSA) is 64.8 Å². The molecule has 5 nitrogen and oxygen atoms in total. The van der Waals surface area contributed by atoms with Crippen LogP contribution in [0.1, 0.15) is 33.1 Å². The Bertz CT molecular complexity index is 238. The van der Waals surface area contributed by atoms with Gasteiger partial charge in [-0.25, -0.2) is 0 Å². The van der Waals surface area contributed by atoms with Gasteiger partial charge in [0, 0.05) is 33.9 Å². The van der Waals surface area contributed by atoms with Crippen molar-refractivity contribution >= 4 is 18.3 Å². The van der Waals surface area contributed by atoms with Crippen molar-refractivity contribution in [2.75, 3.05) is 40.5 Å². The fraction of sp³-hybridized carbons (Fsp3) is 0.923. The highest BCUT2D eigenvalue weighted by molar-refractivity contribution is 5.85. The molecule has 1 unspecified atom stereocenters. The van der Waals surface area contributed by atoms with Gasteiger partial charge in [-0.05, 0) is 19.8 Å². The van der Waals surface area contributed by atoms with Gasteiger partial charge in [0.05, 0.1) is 12.1 Å². The Labute approximate surface area is 123 Å². The number of halogens is 1. The Hall–Kier alpha value is -0.360. The van der Waals surface area contributed by atoms with Crippen LogP contribution in [0.5, 0.6) is 0 Å². The molecule has 6 heteroatoms. The second kappa shape index (κ2) is 11.5. The molecule has 19 heavy (non-hydrogen) atoms. The number of hydrogen-bond acceptors (Lipinski definition) is 4. The van der Waals surface area contributed by atoms with E-state index >= 15 is 0 Å². The number of nitrogens with two attached hydrogens (primary N) is 1. The first-order chi connectivity index (χ1) is 8.49. The molecule has 0 aromatic carbocycles. The first-order valence-corrected chi connectivity index (χ1v) is 6.55. The van der Waals surface area contributed by atoms with E-state index in [1.165, 1.54) is 0 Å². The smallest absolute Gasteiger partial charge is 0.242 e. The molecule has 116 valence electrons. The molecule has 0 aliphatic rings. The number of hydrogen-bond donors (Lipinski definition) is 1. The monoisotopic (exact) mass is 296 g/mol. The second-order valence-electron chi connectivity index (χ2n) is 4.80. The van der Waals surface area contributed by atoms with Crippen molar-refractivity contribution in [3.05, 3.63) is 0 Å². The van der Waals surface area contributed by atoms with Crippen molar-refractivity contribution in [3.8, 4) is 0 Å². The molecule has 0 aliphatic carbocycles. The van der Waals surface area contributed by atoms with Crippen LogP contribution in [0.15, 0.2) is 0 Å². The third-order valence-electron chi connectivity index (χ3n) is 2.89. The van der Waals surface area contributed by atoms with Crippen LogP contribution in [0.2, 0.25) is 0 Å². The molecule has 0 aromatic rings. The van der Waals surface area contributed by atoms with Gasteiger partial charge < -0.3 is 20.1 Å². The SMILES string of the molecule is CCCC(C)(N)C(=O)N(CCCOC)CCOC.Cl. The van der Waals surface area contributed by atoms with Crippen LogP contribution in [0.25, 0.3) is 0 Å². The number of nitrogens with zero attached hydrogens (tertiary/aromatic N) is 1. The summed E-state index contributed by atoms with van der Waals surface area (Å²) in [6, 6.07) is 0. The molecule has 0 fully saturated rings. The lowest BCUT2D eigenvalue weighted by molar-refractivity contribution is -0.137. The summed E-state index contributed by atoms with van der Waals surface area (Å²) in [5.41, 5.74) is 5.30. The highest BCUT2D eigenvalue weighted by Crippen LogP contribution is 2.13. The number of carbonyl (C=O) groups excluding carboxylic acids is 1. The predicted molar refractivity (Wildman–Crippen MR) is 79.7 cm³/mol. The number of carbonyl (C=O) groups is 1. The quantitative estimate of drug-likeness (QED) is 0.620. The first-order valence-electron chi connectivity index (χ1n) is 6.55. The van der Waals surface area contributed by atoms with Crippen molar-refractivity contribution in [2.45, 2.75) is 38.6 Å². The van der Waals surface area contributed by atoms with Crippen molar-refractivity contribution in [1.29, 1.82) is 0 Å². The van der Waals surface area contributed by atoms with Gasteiger partial charge >= 0.3 is 0 Å². The van der Waals surface area contributed by atoms with Gasteiger partial charge in [0.25, 0.3) is 0 Å². The van der Waals surface area contributed by atoms with E-state index in [1.807, 2.05) is 6.92 Å². The zero-order valence-electron chi connectivity index (χ0n) is 12.6. The molecule has 1 amide bonds. The van der Waals surface area contributed by atoms with E-state index in [-0.39, 0.29) is 18.3 Å². The summed E-state index contributed by atoms with van der Waals surface area (Å²) in [4.78, 5) is 14.1. The molecule has 1 atom stereocenters. The van der Waals surface area contributed by atoms with Gasteiger partial charge in [0.15, 0.2) is 0 Å². The van der Waals surface area contributed by atoms with Crippen molar-refractivity contribution in [1.82, 2.24) is 4.90 Å². The minimum absolute atomic E-state index is 0. The molecule has 0 heterocycles. The van der Waals surface area contributed by atoms with E-state index in [0.717, 1.165) is 12.8 Å². The molecule has 0 aliphatic heterocycles. The lowest BCUT2D eigenvalue weighted by atomic mass is 9.95. The molecule has 0 bridgehead atoms. The summed E-state index contributed by atoms with van der Waals surface area (Å²) in [6.45, 7) is 6.24. The van der Waals surface area contributed by atoms with E-state index in [2.05, 4.69) is 0 Å². The van der Waals surface area contributed by atoms with E-state index in [4.69, 9.17) is 15.2 Å². The molecular weight excluding hydrogens is 268 g/mol.